The predicted molar refractivity (Wildman–Crippen MR) is 77.4 cm³/mol. The Bertz CT molecular complexity index is 665. The van der Waals surface area contributed by atoms with Crippen molar-refractivity contribution < 1.29 is 9.47 Å². The zero-order chi connectivity index (χ0) is 14.0. The molecule has 0 spiro atoms. The maximum Gasteiger partial charge on any atom is 0.130 e. The number of methoxy groups -OCH3 is 2. The van der Waals surface area contributed by atoms with Crippen molar-refractivity contribution in [1.82, 2.24) is 9.97 Å². The molecule has 0 radical (unpaired) electrons. The molecule has 0 saturated heterocycles. The zero-order valence-corrected chi connectivity index (χ0v) is 12.2. The van der Waals surface area contributed by atoms with E-state index in [9.17, 15) is 0 Å². The number of benzene rings is 1. The highest BCUT2D eigenvalue weighted by atomic mass is 32.1. The molecule has 0 atom stereocenters. The molecule has 1 heterocycles. The molecule has 4 nitrogen and oxygen atoms in total. The van der Waals surface area contributed by atoms with E-state index in [4.69, 9.17) is 21.7 Å². The normalized spacial score (nSPS) is 10.3. The van der Waals surface area contributed by atoms with Gasteiger partial charge in [0.1, 0.15) is 21.8 Å². The van der Waals surface area contributed by atoms with E-state index in [0.717, 1.165) is 28.5 Å². The summed E-state index contributed by atoms with van der Waals surface area (Å²) < 4.78 is 11.2. The highest BCUT2D eigenvalue weighted by Gasteiger charge is 2.12. The standard InChI is InChI=1S/C14H16N2O2S/c1-8-9(2)16-14(19)13(15-8)11-7-10(17-3)5-6-12(11)18-4/h5-7H,1-4H3,(H,16,19). The van der Waals surface area contributed by atoms with E-state index in [1.54, 1.807) is 14.2 Å². The van der Waals surface area contributed by atoms with Gasteiger partial charge in [0.25, 0.3) is 0 Å². The highest BCUT2D eigenvalue weighted by Crippen LogP contribution is 2.32. The fourth-order valence-electron chi connectivity index (χ4n) is 1.80. The zero-order valence-electron chi connectivity index (χ0n) is 11.4. The van der Waals surface area contributed by atoms with Crippen LogP contribution < -0.4 is 9.47 Å². The van der Waals surface area contributed by atoms with Crippen molar-refractivity contribution in [2.45, 2.75) is 13.8 Å². The van der Waals surface area contributed by atoms with Gasteiger partial charge in [-0.2, -0.15) is 0 Å². The molecule has 2 rings (SSSR count). The first-order chi connectivity index (χ1) is 9.06. The van der Waals surface area contributed by atoms with Gasteiger partial charge in [-0.15, -0.1) is 0 Å². The van der Waals surface area contributed by atoms with E-state index in [-0.39, 0.29) is 0 Å². The highest BCUT2D eigenvalue weighted by molar-refractivity contribution is 7.71. The van der Waals surface area contributed by atoms with Crippen LogP contribution in [-0.2, 0) is 0 Å². The molecule has 0 aliphatic heterocycles. The lowest BCUT2D eigenvalue weighted by molar-refractivity contribution is 0.404. The molecule has 0 bridgehead atoms. The van der Waals surface area contributed by atoms with Gasteiger partial charge in [0, 0.05) is 11.3 Å². The molecule has 0 unspecified atom stereocenters. The summed E-state index contributed by atoms with van der Waals surface area (Å²) in [7, 11) is 3.25. The van der Waals surface area contributed by atoms with Gasteiger partial charge < -0.3 is 14.5 Å². The third-order valence-electron chi connectivity index (χ3n) is 3.00. The summed E-state index contributed by atoms with van der Waals surface area (Å²) >= 11 is 5.35. The minimum atomic E-state index is 0.592. The fraction of sp³-hybridized carbons (Fsp3) is 0.286. The van der Waals surface area contributed by atoms with Crippen LogP contribution in [0, 0.1) is 18.5 Å². The molecule has 5 heteroatoms. The van der Waals surface area contributed by atoms with Crippen LogP contribution in [0.15, 0.2) is 18.2 Å². The Hall–Kier alpha value is -1.88. The van der Waals surface area contributed by atoms with Crippen LogP contribution in [0.5, 0.6) is 11.5 Å². The Kier molecular flexibility index (Phi) is 3.85. The second kappa shape index (κ2) is 5.40. The lowest BCUT2D eigenvalue weighted by Crippen LogP contribution is -1.98. The fourth-order valence-corrected chi connectivity index (χ4v) is 2.11. The van der Waals surface area contributed by atoms with Gasteiger partial charge in [0.2, 0.25) is 0 Å². The number of rotatable bonds is 3. The Morgan fingerprint density at radius 2 is 1.89 bits per heavy atom. The van der Waals surface area contributed by atoms with Crippen LogP contribution in [0.2, 0.25) is 0 Å². The van der Waals surface area contributed by atoms with Crippen molar-refractivity contribution in [3.63, 3.8) is 0 Å². The topological polar surface area (TPSA) is 47.1 Å². The Morgan fingerprint density at radius 3 is 2.53 bits per heavy atom. The smallest absolute Gasteiger partial charge is 0.130 e. The number of aromatic nitrogens is 2. The van der Waals surface area contributed by atoms with Gasteiger partial charge in [0.05, 0.1) is 19.9 Å². The molecule has 0 fully saturated rings. The minimum absolute atomic E-state index is 0.592. The predicted octanol–water partition coefficient (Wildman–Crippen LogP) is 3.44. The third kappa shape index (κ3) is 2.61. The Balaban J connectivity index is 2.70. The lowest BCUT2D eigenvalue weighted by Gasteiger charge is -2.11. The van der Waals surface area contributed by atoms with Gasteiger partial charge in [0.15, 0.2) is 0 Å². The maximum absolute atomic E-state index is 5.37. The largest absolute Gasteiger partial charge is 0.497 e. The second-order valence-corrected chi connectivity index (χ2v) is 4.60. The first kappa shape index (κ1) is 13.5. The number of aryl methyl sites for hydroxylation is 2. The summed E-state index contributed by atoms with van der Waals surface area (Å²) in [6.07, 6.45) is 0. The third-order valence-corrected chi connectivity index (χ3v) is 3.30. The van der Waals surface area contributed by atoms with Crippen LogP contribution in [0.1, 0.15) is 11.4 Å². The number of ether oxygens (including phenoxy) is 2. The Morgan fingerprint density at radius 1 is 1.16 bits per heavy atom. The molecule has 19 heavy (non-hydrogen) atoms. The summed E-state index contributed by atoms with van der Waals surface area (Å²) in [6.45, 7) is 3.89. The van der Waals surface area contributed by atoms with E-state index in [1.807, 2.05) is 32.0 Å². The van der Waals surface area contributed by atoms with Crippen molar-refractivity contribution in [1.29, 1.82) is 0 Å². The summed E-state index contributed by atoms with van der Waals surface area (Å²) in [5, 5.41) is 0. The molecule has 0 amide bonds. The number of H-pyrrole nitrogens is 1. The summed E-state index contributed by atoms with van der Waals surface area (Å²) in [4.78, 5) is 7.71. The molecule has 1 N–H and O–H groups in total. The van der Waals surface area contributed by atoms with Gasteiger partial charge in [-0.1, -0.05) is 12.2 Å². The van der Waals surface area contributed by atoms with E-state index in [0.29, 0.717) is 10.3 Å². The number of aromatic amines is 1. The van der Waals surface area contributed by atoms with E-state index in [1.165, 1.54) is 0 Å². The number of hydrogen-bond donors (Lipinski definition) is 1. The van der Waals surface area contributed by atoms with Crippen LogP contribution >= 0.6 is 12.2 Å². The maximum atomic E-state index is 5.37. The van der Waals surface area contributed by atoms with E-state index in [2.05, 4.69) is 9.97 Å². The Labute approximate surface area is 117 Å². The average Bonchev–Trinajstić information content (AvgIpc) is 2.42. The summed E-state index contributed by atoms with van der Waals surface area (Å²) in [5.74, 6) is 1.46. The van der Waals surface area contributed by atoms with Crippen LogP contribution in [-0.4, -0.2) is 24.2 Å². The minimum Gasteiger partial charge on any atom is -0.497 e. The first-order valence-corrected chi connectivity index (χ1v) is 6.27. The molecule has 0 aliphatic rings. The van der Waals surface area contributed by atoms with Gasteiger partial charge in [-0.25, -0.2) is 4.98 Å². The van der Waals surface area contributed by atoms with Crippen molar-refractivity contribution in [3.8, 4) is 22.8 Å². The van der Waals surface area contributed by atoms with Gasteiger partial charge in [-0.3, -0.25) is 0 Å². The molecular formula is C14H16N2O2S. The molecule has 2 aromatic rings. The van der Waals surface area contributed by atoms with Crippen LogP contribution in [0.4, 0.5) is 0 Å². The van der Waals surface area contributed by atoms with Crippen molar-refractivity contribution in [2.75, 3.05) is 14.2 Å². The molecule has 100 valence electrons. The quantitative estimate of drug-likeness (QED) is 0.872. The van der Waals surface area contributed by atoms with Crippen LogP contribution in [0.25, 0.3) is 11.3 Å². The van der Waals surface area contributed by atoms with Crippen molar-refractivity contribution in [3.05, 3.63) is 34.2 Å². The average molecular weight is 276 g/mol. The number of nitrogens with zero attached hydrogens (tertiary/aromatic N) is 1. The second-order valence-electron chi connectivity index (χ2n) is 4.19. The van der Waals surface area contributed by atoms with Gasteiger partial charge >= 0.3 is 0 Å². The van der Waals surface area contributed by atoms with Gasteiger partial charge in [-0.05, 0) is 32.0 Å². The lowest BCUT2D eigenvalue weighted by atomic mass is 10.1. The van der Waals surface area contributed by atoms with E-state index < -0.39 is 0 Å². The molecule has 0 saturated carbocycles. The molecule has 0 aliphatic carbocycles. The first-order valence-electron chi connectivity index (χ1n) is 5.86. The molecule has 1 aromatic heterocycles. The summed E-state index contributed by atoms with van der Waals surface area (Å²) in [6, 6.07) is 5.57. The molecular weight excluding hydrogens is 260 g/mol. The SMILES string of the molecule is COc1ccc(OC)c(-c2nc(C)c(C)[nH]c2=S)c1. The van der Waals surface area contributed by atoms with Crippen molar-refractivity contribution >= 4 is 12.2 Å². The van der Waals surface area contributed by atoms with E-state index >= 15 is 0 Å². The summed E-state index contributed by atoms with van der Waals surface area (Å²) in [5.41, 5.74) is 3.41. The van der Waals surface area contributed by atoms with Crippen molar-refractivity contribution in [2.24, 2.45) is 0 Å². The van der Waals surface area contributed by atoms with Crippen LogP contribution in [0.3, 0.4) is 0 Å². The monoisotopic (exact) mass is 276 g/mol. The number of hydrogen-bond acceptors (Lipinski definition) is 4. The molecule has 1 aromatic carbocycles. The number of nitrogens with one attached hydrogen (secondary N) is 1.